The Labute approximate surface area is 126 Å². The maximum absolute atomic E-state index is 9.43. The molecule has 0 saturated heterocycles. The van der Waals surface area contributed by atoms with Crippen LogP contribution in [0.15, 0.2) is 42.5 Å². The molecule has 4 rings (SSSR count). The summed E-state index contributed by atoms with van der Waals surface area (Å²) in [7, 11) is 0. The largest absolute Gasteiger partial charge is 0.454 e. The number of fused-ring (bicyclic) bond motifs is 2. The Balaban J connectivity index is 1.76. The van der Waals surface area contributed by atoms with Crippen molar-refractivity contribution in [1.82, 2.24) is 9.97 Å². The fraction of sp³-hybridized carbons (Fsp3) is 0.0588. The summed E-state index contributed by atoms with van der Waals surface area (Å²) < 4.78 is 10.6. The van der Waals surface area contributed by atoms with Crippen LogP contribution >= 0.6 is 0 Å². The molecule has 0 aliphatic carbocycles. The zero-order valence-electron chi connectivity index (χ0n) is 11.5. The molecule has 0 unspecified atom stereocenters. The van der Waals surface area contributed by atoms with E-state index in [1.54, 1.807) is 6.08 Å². The van der Waals surface area contributed by atoms with E-state index < -0.39 is 0 Å². The lowest BCUT2D eigenvalue weighted by Crippen LogP contribution is -1.92. The number of aromatic nitrogens is 2. The highest BCUT2D eigenvalue weighted by Crippen LogP contribution is 2.33. The molecule has 0 fully saturated rings. The van der Waals surface area contributed by atoms with Crippen molar-refractivity contribution in [3.8, 4) is 17.6 Å². The number of imidazole rings is 1. The van der Waals surface area contributed by atoms with Gasteiger partial charge in [-0.1, -0.05) is 18.2 Å². The Morgan fingerprint density at radius 3 is 2.91 bits per heavy atom. The maximum atomic E-state index is 9.43. The zero-order chi connectivity index (χ0) is 14.9. The molecule has 0 spiro atoms. The molecule has 0 atom stereocenters. The van der Waals surface area contributed by atoms with Gasteiger partial charge in [-0.3, -0.25) is 0 Å². The number of hydrogen-bond acceptors (Lipinski definition) is 4. The monoisotopic (exact) mass is 289 g/mol. The minimum Gasteiger partial charge on any atom is -0.454 e. The van der Waals surface area contributed by atoms with Crippen molar-refractivity contribution in [2.45, 2.75) is 0 Å². The molecule has 0 amide bonds. The lowest BCUT2D eigenvalue weighted by molar-refractivity contribution is 0.174. The van der Waals surface area contributed by atoms with E-state index in [0.717, 1.165) is 22.3 Å². The third-order valence-electron chi connectivity index (χ3n) is 3.47. The predicted octanol–water partition coefficient (Wildman–Crippen LogP) is 3.36. The first-order valence-corrected chi connectivity index (χ1v) is 6.80. The average Bonchev–Trinajstić information content (AvgIpc) is 3.18. The topological polar surface area (TPSA) is 70.9 Å². The van der Waals surface area contributed by atoms with E-state index in [2.05, 4.69) is 16.0 Å². The van der Waals surface area contributed by atoms with Crippen LogP contribution in [-0.4, -0.2) is 16.8 Å². The van der Waals surface area contributed by atoms with E-state index in [0.29, 0.717) is 17.1 Å². The van der Waals surface area contributed by atoms with Gasteiger partial charge < -0.3 is 14.5 Å². The molecule has 106 valence electrons. The number of H-pyrrole nitrogens is 1. The van der Waals surface area contributed by atoms with Crippen LogP contribution in [0, 0.1) is 11.3 Å². The van der Waals surface area contributed by atoms with Crippen molar-refractivity contribution >= 4 is 22.7 Å². The van der Waals surface area contributed by atoms with Crippen molar-refractivity contribution in [3.63, 3.8) is 0 Å². The number of nitrogens with one attached hydrogen (secondary N) is 1. The van der Waals surface area contributed by atoms with Crippen molar-refractivity contribution in [3.05, 3.63) is 53.9 Å². The van der Waals surface area contributed by atoms with Gasteiger partial charge in [0.2, 0.25) is 6.79 Å². The molecule has 0 radical (unpaired) electrons. The van der Waals surface area contributed by atoms with E-state index in [1.165, 1.54) is 0 Å². The highest BCUT2D eigenvalue weighted by molar-refractivity contribution is 5.90. The Kier molecular flexibility index (Phi) is 2.80. The number of rotatable bonds is 2. The van der Waals surface area contributed by atoms with Crippen molar-refractivity contribution in [2.75, 3.05) is 6.79 Å². The van der Waals surface area contributed by atoms with Gasteiger partial charge in [-0.05, 0) is 35.9 Å². The average molecular weight is 289 g/mol. The highest BCUT2D eigenvalue weighted by Gasteiger charge is 2.13. The molecule has 2 heterocycles. The molecule has 0 saturated carbocycles. The Hall–Kier alpha value is -3.26. The van der Waals surface area contributed by atoms with Crippen LogP contribution < -0.4 is 9.47 Å². The minimum absolute atomic E-state index is 0.233. The number of nitrogens with zero attached hydrogens (tertiary/aromatic N) is 2. The summed E-state index contributed by atoms with van der Waals surface area (Å²) >= 11 is 0. The molecule has 3 aromatic rings. The first-order valence-electron chi connectivity index (χ1n) is 6.80. The van der Waals surface area contributed by atoms with Crippen LogP contribution in [0.4, 0.5) is 0 Å². The van der Waals surface area contributed by atoms with Crippen molar-refractivity contribution < 1.29 is 9.47 Å². The Morgan fingerprint density at radius 2 is 2.05 bits per heavy atom. The summed E-state index contributed by atoms with van der Waals surface area (Å²) in [6, 6.07) is 15.4. The summed E-state index contributed by atoms with van der Waals surface area (Å²) in [5.41, 5.74) is 3.07. The van der Waals surface area contributed by atoms with Crippen LogP contribution in [-0.2, 0) is 0 Å². The van der Waals surface area contributed by atoms with Crippen LogP contribution in [0.1, 0.15) is 11.4 Å². The third kappa shape index (κ3) is 2.07. The number of nitriles is 1. The SMILES string of the molecule is N#CC(=Cc1ccc2c(c1)OCO2)c1nc2ccccc2[nH]1. The summed E-state index contributed by atoms with van der Waals surface area (Å²) in [5, 5.41) is 9.43. The number of allylic oxidation sites excluding steroid dienone is 1. The first kappa shape index (κ1) is 12.5. The van der Waals surface area contributed by atoms with Gasteiger partial charge in [0.25, 0.3) is 0 Å². The van der Waals surface area contributed by atoms with E-state index >= 15 is 0 Å². The van der Waals surface area contributed by atoms with E-state index in [9.17, 15) is 5.26 Å². The van der Waals surface area contributed by atoms with Crippen LogP contribution in [0.2, 0.25) is 0 Å². The number of aromatic amines is 1. The zero-order valence-corrected chi connectivity index (χ0v) is 11.5. The summed E-state index contributed by atoms with van der Waals surface area (Å²) in [5.74, 6) is 1.97. The van der Waals surface area contributed by atoms with Crippen molar-refractivity contribution in [2.24, 2.45) is 0 Å². The normalized spacial score (nSPS) is 13.3. The van der Waals surface area contributed by atoms with Crippen molar-refractivity contribution in [1.29, 1.82) is 5.26 Å². The molecular weight excluding hydrogens is 278 g/mol. The molecule has 22 heavy (non-hydrogen) atoms. The molecule has 0 bridgehead atoms. The van der Waals surface area contributed by atoms with Gasteiger partial charge in [-0.2, -0.15) is 5.26 Å². The Bertz CT molecular complexity index is 901. The van der Waals surface area contributed by atoms with E-state index in [1.807, 2.05) is 42.5 Å². The molecule has 1 aliphatic heterocycles. The molecule has 2 aromatic carbocycles. The molecule has 5 nitrogen and oxygen atoms in total. The second kappa shape index (κ2) is 4.93. The smallest absolute Gasteiger partial charge is 0.231 e. The van der Waals surface area contributed by atoms with Crippen LogP contribution in [0.3, 0.4) is 0 Å². The minimum atomic E-state index is 0.233. The van der Waals surface area contributed by atoms with Gasteiger partial charge in [0.05, 0.1) is 16.6 Å². The van der Waals surface area contributed by atoms with Crippen LogP contribution in [0.5, 0.6) is 11.5 Å². The van der Waals surface area contributed by atoms with Gasteiger partial charge in [-0.25, -0.2) is 4.98 Å². The van der Waals surface area contributed by atoms with Gasteiger partial charge in [0.1, 0.15) is 11.9 Å². The highest BCUT2D eigenvalue weighted by atomic mass is 16.7. The lowest BCUT2D eigenvalue weighted by atomic mass is 10.1. The van der Waals surface area contributed by atoms with Gasteiger partial charge >= 0.3 is 0 Å². The molecule has 5 heteroatoms. The fourth-order valence-electron chi connectivity index (χ4n) is 2.40. The van der Waals surface area contributed by atoms with E-state index in [-0.39, 0.29) is 6.79 Å². The number of para-hydroxylation sites is 2. The summed E-state index contributed by atoms with van der Waals surface area (Å²) in [6.45, 7) is 0.233. The summed E-state index contributed by atoms with van der Waals surface area (Å²) in [4.78, 5) is 7.61. The number of hydrogen-bond donors (Lipinski definition) is 1. The molecular formula is C17H11N3O2. The number of benzene rings is 2. The quantitative estimate of drug-likeness (QED) is 0.734. The molecule has 1 N–H and O–H groups in total. The lowest BCUT2D eigenvalue weighted by Gasteiger charge is -1.99. The summed E-state index contributed by atoms with van der Waals surface area (Å²) in [6.07, 6.45) is 1.78. The van der Waals surface area contributed by atoms with Crippen LogP contribution in [0.25, 0.3) is 22.7 Å². The molecule has 1 aliphatic rings. The second-order valence-corrected chi connectivity index (χ2v) is 4.89. The predicted molar refractivity (Wildman–Crippen MR) is 82.1 cm³/mol. The standard InChI is InChI=1S/C17H11N3O2/c18-9-12(17-19-13-3-1-2-4-14(13)20-17)7-11-5-6-15-16(8-11)22-10-21-15/h1-8H,10H2,(H,19,20). The van der Waals surface area contributed by atoms with E-state index in [4.69, 9.17) is 9.47 Å². The molecule has 1 aromatic heterocycles. The Morgan fingerprint density at radius 1 is 1.18 bits per heavy atom. The fourth-order valence-corrected chi connectivity index (χ4v) is 2.40. The third-order valence-corrected chi connectivity index (χ3v) is 3.47. The second-order valence-electron chi connectivity index (χ2n) is 4.89. The first-order chi connectivity index (χ1) is 10.8. The van der Waals surface area contributed by atoms with Gasteiger partial charge in [0.15, 0.2) is 11.5 Å². The van der Waals surface area contributed by atoms with Gasteiger partial charge in [0, 0.05) is 0 Å². The van der Waals surface area contributed by atoms with Gasteiger partial charge in [-0.15, -0.1) is 0 Å². The number of ether oxygens (including phenoxy) is 2. The maximum Gasteiger partial charge on any atom is 0.231 e.